The van der Waals surface area contributed by atoms with Crippen molar-refractivity contribution in [2.45, 2.75) is 9.99 Å². The highest BCUT2D eigenvalue weighted by molar-refractivity contribution is 9.10. The first kappa shape index (κ1) is 17.1. The zero-order valence-electron chi connectivity index (χ0n) is 12.6. The van der Waals surface area contributed by atoms with Crippen molar-refractivity contribution < 1.29 is 9.15 Å². The highest BCUT2D eigenvalue weighted by Crippen LogP contribution is 2.36. The van der Waals surface area contributed by atoms with Crippen LogP contribution < -0.4 is 4.74 Å². The predicted octanol–water partition coefficient (Wildman–Crippen LogP) is 6.00. The van der Waals surface area contributed by atoms with Crippen LogP contribution in [0.25, 0.3) is 0 Å². The minimum absolute atomic E-state index is 0.552. The number of aromatic nitrogens is 1. The summed E-state index contributed by atoms with van der Waals surface area (Å²) >= 11 is 10.9. The zero-order chi connectivity index (χ0) is 16.9. The summed E-state index contributed by atoms with van der Waals surface area (Å²) in [5.74, 6) is 1.20. The van der Waals surface area contributed by atoms with Crippen LogP contribution >= 0.6 is 39.3 Å². The van der Waals surface area contributed by atoms with E-state index in [-0.39, 0.29) is 0 Å². The molecule has 0 fully saturated rings. The molecule has 2 aromatic heterocycles. The maximum absolute atomic E-state index is 5.90. The van der Waals surface area contributed by atoms with Gasteiger partial charge in [0.05, 0.1) is 29.7 Å². The highest BCUT2D eigenvalue weighted by atomic mass is 79.9. The highest BCUT2D eigenvalue weighted by Gasteiger charge is 2.09. The van der Waals surface area contributed by atoms with Crippen LogP contribution in [-0.2, 0) is 0 Å². The fourth-order valence-corrected chi connectivity index (χ4v) is 3.28. The number of benzene rings is 1. The summed E-state index contributed by atoms with van der Waals surface area (Å²) in [7, 11) is 1.57. The molecule has 0 radical (unpaired) electrons. The van der Waals surface area contributed by atoms with E-state index in [0.717, 1.165) is 20.1 Å². The lowest BCUT2D eigenvalue weighted by Crippen LogP contribution is -1.84. The third-order valence-electron chi connectivity index (χ3n) is 2.97. The van der Waals surface area contributed by atoms with Crippen molar-refractivity contribution in [1.29, 1.82) is 0 Å². The molecule has 3 rings (SSSR count). The van der Waals surface area contributed by atoms with E-state index in [1.807, 2.05) is 36.4 Å². The van der Waals surface area contributed by atoms with E-state index in [9.17, 15) is 0 Å². The van der Waals surface area contributed by atoms with E-state index in [2.05, 4.69) is 25.9 Å². The molecule has 0 spiro atoms. The van der Waals surface area contributed by atoms with Crippen LogP contribution in [0.5, 0.6) is 5.88 Å². The fourth-order valence-electron chi connectivity index (χ4n) is 1.82. The van der Waals surface area contributed by atoms with Gasteiger partial charge in [0.25, 0.3) is 0 Å². The number of ether oxygens (including phenoxy) is 1. The van der Waals surface area contributed by atoms with Crippen molar-refractivity contribution in [2.75, 3.05) is 7.11 Å². The van der Waals surface area contributed by atoms with E-state index in [0.29, 0.717) is 16.7 Å². The van der Waals surface area contributed by atoms with Crippen molar-refractivity contribution >= 4 is 51.2 Å². The molecule has 0 amide bonds. The SMILES string of the molecule is COc1ccc(N=Cc2cc(Br)c(Sc3ccc(Cl)cc3)o2)cn1. The quantitative estimate of drug-likeness (QED) is 0.472. The summed E-state index contributed by atoms with van der Waals surface area (Å²) in [5.41, 5.74) is 0.718. The Balaban J connectivity index is 1.73. The Kier molecular flexibility index (Phi) is 5.60. The van der Waals surface area contributed by atoms with Gasteiger partial charge in [0.1, 0.15) is 5.76 Å². The van der Waals surface area contributed by atoms with Crippen LogP contribution in [0.4, 0.5) is 5.69 Å². The number of hydrogen-bond acceptors (Lipinski definition) is 5. The second-order valence-electron chi connectivity index (χ2n) is 4.66. The van der Waals surface area contributed by atoms with E-state index < -0.39 is 0 Å². The van der Waals surface area contributed by atoms with Gasteiger partial charge in [0.15, 0.2) is 5.09 Å². The number of rotatable bonds is 5. The van der Waals surface area contributed by atoms with Gasteiger partial charge in [-0.05, 0) is 46.3 Å². The molecule has 24 heavy (non-hydrogen) atoms. The molecule has 0 unspecified atom stereocenters. The first-order valence-corrected chi connectivity index (χ1v) is 8.89. The Morgan fingerprint density at radius 2 is 2.04 bits per heavy atom. The van der Waals surface area contributed by atoms with Crippen LogP contribution in [-0.4, -0.2) is 18.3 Å². The molecule has 0 N–H and O–H groups in total. The van der Waals surface area contributed by atoms with Crippen LogP contribution in [0.3, 0.4) is 0 Å². The summed E-state index contributed by atoms with van der Waals surface area (Å²) in [6.07, 6.45) is 3.29. The topological polar surface area (TPSA) is 47.6 Å². The van der Waals surface area contributed by atoms with Gasteiger partial charge < -0.3 is 9.15 Å². The molecule has 0 atom stereocenters. The molecule has 0 bridgehead atoms. The molecule has 7 heteroatoms. The van der Waals surface area contributed by atoms with E-state index in [4.69, 9.17) is 20.8 Å². The first-order valence-electron chi connectivity index (χ1n) is 6.91. The molecule has 4 nitrogen and oxygen atoms in total. The van der Waals surface area contributed by atoms with Crippen molar-refractivity contribution in [1.82, 2.24) is 4.98 Å². The number of nitrogens with zero attached hydrogens (tertiary/aromatic N) is 2. The Bertz CT molecular complexity index is 848. The van der Waals surface area contributed by atoms with Crippen LogP contribution in [0.1, 0.15) is 5.76 Å². The Morgan fingerprint density at radius 3 is 2.71 bits per heavy atom. The van der Waals surface area contributed by atoms with Crippen LogP contribution in [0.2, 0.25) is 5.02 Å². The van der Waals surface area contributed by atoms with Gasteiger partial charge in [0.2, 0.25) is 5.88 Å². The van der Waals surface area contributed by atoms with Gasteiger partial charge in [-0.3, -0.25) is 4.99 Å². The largest absolute Gasteiger partial charge is 0.481 e. The van der Waals surface area contributed by atoms with Gasteiger partial charge in [0, 0.05) is 22.1 Å². The van der Waals surface area contributed by atoms with Crippen LogP contribution in [0, 0.1) is 0 Å². The summed E-state index contributed by atoms with van der Waals surface area (Å²) in [6.45, 7) is 0. The summed E-state index contributed by atoms with van der Waals surface area (Å²) in [4.78, 5) is 9.48. The van der Waals surface area contributed by atoms with E-state index >= 15 is 0 Å². The fraction of sp³-hybridized carbons (Fsp3) is 0.0588. The Labute approximate surface area is 157 Å². The molecule has 0 aliphatic carbocycles. The van der Waals surface area contributed by atoms with Crippen LogP contribution in [0.15, 0.2) is 72.5 Å². The number of hydrogen-bond donors (Lipinski definition) is 0. The van der Waals surface area contributed by atoms with Gasteiger partial charge in [-0.1, -0.05) is 23.4 Å². The van der Waals surface area contributed by atoms with E-state index in [1.165, 1.54) is 11.8 Å². The zero-order valence-corrected chi connectivity index (χ0v) is 15.7. The molecular formula is C17H12BrClN2O2S. The molecule has 3 aromatic rings. The summed E-state index contributed by atoms with van der Waals surface area (Å²) in [5, 5.41) is 1.46. The Morgan fingerprint density at radius 1 is 1.25 bits per heavy atom. The molecule has 0 saturated carbocycles. The summed E-state index contributed by atoms with van der Waals surface area (Å²) in [6, 6.07) is 13.0. The summed E-state index contributed by atoms with van der Waals surface area (Å²) < 4.78 is 11.7. The maximum Gasteiger partial charge on any atom is 0.213 e. The normalized spacial score (nSPS) is 11.1. The van der Waals surface area contributed by atoms with E-state index in [1.54, 1.807) is 25.6 Å². The molecule has 0 aliphatic rings. The van der Waals surface area contributed by atoms with Gasteiger partial charge in [-0.25, -0.2) is 4.98 Å². The molecule has 122 valence electrons. The second-order valence-corrected chi connectivity index (χ2v) is 6.99. The van der Waals surface area contributed by atoms with Crippen molar-refractivity contribution in [3.05, 3.63) is 63.9 Å². The third kappa shape index (κ3) is 4.41. The smallest absolute Gasteiger partial charge is 0.213 e. The van der Waals surface area contributed by atoms with Crippen molar-refractivity contribution in [3.63, 3.8) is 0 Å². The average molecular weight is 424 g/mol. The standard InChI is InChI=1S/C17H12BrClN2O2S/c1-22-16-7-4-12(9-21-16)20-10-13-8-15(18)17(23-13)24-14-5-2-11(19)3-6-14/h2-10H,1H3. The molecular weight excluding hydrogens is 412 g/mol. The number of methoxy groups -OCH3 is 1. The number of pyridine rings is 1. The minimum atomic E-state index is 0.552. The molecule has 0 saturated heterocycles. The lowest BCUT2D eigenvalue weighted by atomic mass is 10.4. The molecule has 2 heterocycles. The first-order chi connectivity index (χ1) is 11.6. The second kappa shape index (κ2) is 7.88. The van der Waals surface area contributed by atoms with Gasteiger partial charge in [-0.15, -0.1) is 0 Å². The Hall–Kier alpha value is -1.76. The molecule has 1 aromatic carbocycles. The van der Waals surface area contributed by atoms with Crippen molar-refractivity contribution in [3.8, 4) is 5.88 Å². The third-order valence-corrected chi connectivity index (χ3v) is 5.07. The van der Waals surface area contributed by atoms with Gasteiger partial charge in [-0.2, -0.15) is 0 Å². The average Bonchev–Trinajstić information content (AvgIpc) is 2.95. The molecule has 0 aliphatic heterocycles. The minimum Gasteiger partial charge on any atom is -0.481 e. The van der Waals surface area contributed by atoms with Gasteiger partial charge >= 0.3 is 0 Å². The number of aliphatic imine (C=N–C) groups is 1. The monoisotopic (exact) mass is 422 g/mol. The van der Waals surface area contributed by atoms with Crippen molar-refractivity contribution in [2.24, 2.45) is 4.99 Å². The number of furan rings is 1. The maximum atomic E-state index is 5.90. The lowest BCUT2D eigenvalue weighted by Gasteiger charge is -1.98. The lowest BCUT2D eigenvalue weighted by molar-refractivity contribution is 0.398. The number of halogens is 2. The predicted molar refractivity (Wildman–Crippen MR) is 100 cm³/mol.